The zero-order valence-electron chi connectivity index (χ0n) is 7.03. The molecule has 0 saturated carbocycles. The van der Waals surface area contributed by atoms with E-state index in [0.717, 1.165) is 5.69 Å². The average molecular weight is 256 g/mol. The van der Waals surface area contributed by atoms with Crippen molar-refractivity contribution >= 4 is 39.2 Å². The molecule has 0 spiro atoms. The molecule has 1 heterocycles. The predicted octanol–water partition coefficient (Wildman–Crippen LogP) is 2.49. The van der Waals surface area contributed by atoms with Gasteiger partial charge >= 0.3 is 0 Å². The van der Waals surface area contributed by atoms with Crippen molar-refractivity contribution in [3.05, 3.63) is 26.7 Å². The number of nitrogens with zero attached hydrogens (tertiary/aromatic N) is 2. The summed E-state index contributed by atoms with van der Waals surface area (Å²) >= 11 is 3.26. The van der Waals surface area contributed by atoms with Gasteiger partial charge < -0.3 is 5.32 Å². The summed E-state index contributed by atoms with van der Waals surface area (Å²) in [5.74, 6) is 0. The Balaban J connectivity index is 2.59. The molecule has 14 heavy (non-hydrogen) atoms. The van der Waals surface area contributed by atoms with Gasteiger partial charge in [0.25, 0.3) is 5.69 Å². The van der Waals surface area contributed by atoms with Crippen LogP contribution in [0.1, 0.15) is 0 Å². The molecule has 0 fully saturated rings. The number of rotatable bonds is 1. The zero-order valence-corrected chi connectivity index (χ0v) is 8.61. The molecule has 1 aromatic carbocycles. The number of nitrogens with one attached hydrogen (secondary N) is 1. The van der Waals surface area contributed by atoms with Gasteiger partial charge in [-0.25, -0.2) is 0 Å². The van der Waals surface area contributed by atoms with Gasteiger partial charge in [-0.1, -0.05) is 0 Å². The molecule has 1 aliphatic heterocycles. The lowest BCUT2D eigenvalue weighted by Crippen LogP contribution is -2.07. The molecule has 0 atom stereocenters. The SMILES string of the molecule is O=[N+]([O-])c1cc(Br)c2c(c1)N=CCN2. The minimum atomic E-state index is -0.435. The van der Waals surface area contributed by atoms with Crippen molar-refractivity contribution in [3.63, 3.8) is 0 Å². The molecule has 0 radical (unpaired) electrons. The summed E-state index contributed by atoms with van der Waals surface area (Å²) in [5.41, 5.74) is 1.44. The Bertz CT molecular complexity index is 431. The van der Waals surface area contributed by atoms with Crippen LogP contribution < -0.4 is 5.32 Å². The summed E-state index contributed by atoms with van der Waals surface area (Å²) in [6.45, 7) is 0.642. The third-order valence-electron chi connectivity index (χ3n) is 1.87. The largest absolute Gasteiger partial charge is 0.377 e. The van der Waals surface area contributed by atoms with Gasteiger partial charge in [-0.3, -0.25) is 15.1 Å². The molecule has 2 rings (SSSR count). The summed E-state index contributed by atoms with van der Waals surface area (Å²) in [5, 5.41) is 13.6. The molecule has 0 bridgehead atoms. The van der Waals surface area contributed by atoms with E-state index in [1.165, 1.54) is 12.1 Å². The Morgan fingerprint density at radius 1 is 1.57 bits per heavy atom. The van der Waals surface area contributed by atoms with Crippen LogP contribution in [0.15, 0.2) is 21.6 Å². The third kappa shape index (κ3) is 1.48. The van der Waals surface area contributed by atoms with E-state index in [4.69, 9.17) is 0 Å². The lowest BCUT2D eigenvalue weighted by molar-refractivity contribution is -0.384. The third-order valence-corrected chi connectivity index (χ3v) is 2.49. The van der Waals surface area contributed by atoms with Gasteiger partial charge in [0, 0.05) is 22.8 Å². The summed E-state index contributed by atoms with van der Waals surface area (Å²) in [6.07, 6.45) is 1.68. The Morgan fingerprint density at radius 3 is 3.07 bits per heavy atom. The molecule has 0 amide bonds. The van der Waals surface area contributed by atoms with Gasteiger partial charge in [0.05, 0.1) is 22.8 Å². The van der Waals surface area contributed by atoms with E-state index in [9.17, 15) is 10.1 Å². The van der Waals surface area contributed by atoms with Gasteiger partial charge in [-0.05, 0) is 15.9 Å². The fourth-order valence-electron chi connectivity index (χ4n) is 1.25. The van der Waals surface area contributed by atoms with E-state index in [0.29, 0.717) is 16.7 Å². The van der Waals surface area contributed by atoms with Crippen molar-refractivity contribution in [1.82, 2.24) is 0 Å². The first-order valence-corrected chi connectivity index (χ1v) is 4.72. The molecule has 0 aromatic heterocycles. The molecule has 6 heteroatoms. The fraction of sp³-hybridized carbons (Fsp3) is 0.125. The van der Waals surface area contributed by atoms with E-state index >= 15 is 0 Å². The van der Waals surface area contributed by atoms with Crippen LogP contribution in [0.3, 0.4) is 0 Å². The van der Waals surface area contributed by atoms with Gasteiger partial charge in [0.15, 0.2) is 0 Å². The molecule has 0 aliphatic carbocycles. The van der Waals surface area contributed by atoms with Gasteiger partial charge in [0.1, 0.15) is 0 Å². The standard InChI is InChI=1S/C8H6BrN3O2/c9-6-3-5(12(13)14)4-7-8(6)11-2-1-10-7/h1,3-4,11H,2H2. The Morgan fingerprint density at radius 2 is 2.36 bits per heavy atom. The topological polar surface area (TPSA) is 67.5 Å². The van der Waals surface area contributed by atoms with Gasteiger partial charge in [0.2, 0.25) is 0 Å². The molecule has 72 valence electrons. The van der Waals surface area contributed by atoms with Crippen LogP contribution in [0.5, 0.6) is 0 Å². The van der Waals surface area contributed by atoms with E-state index in [1.54, 1.807) is 6.21 Å². The van der Waals surface area contributed by atoms with Crippen molar-refractivity contribution in [1.29, 1.82) is 0 Å². The van der Waals surface area contributed by atoms with Crippen molar-refractivity contribution in [2.24, 2.45) is 4.99 Å². The number of nitro groups is 1. The van der Waals surface area contributed by atoms with E-state index in [1.807, 2.05) is 0 Å². The maximum Gasteiger partial charge on any atom is 0.272 e. The first-order chi connectivity index (χ1) is 6.68. The second-order valence-electron chi connectivity index (χ2n) is 2.77. The molecular weight excluding hydrogens is 250 g/mol. The number of nitro benzene ring substituents is 1. The fourth-order valence-corrected chi connectivity index (χ4v) is 1.83. The summed E-state index contributed by atoms with van der Waals surface area (Å²) in [7, 11) is 0. The summed E-state index contributed by atoms with van der Waals surface area (Å²) < 4.78 is 0.665. The number of halogens is 1. The number of benzene rings is 1. The van der Waals surface area contributed by atoms with Gasteiger partial charge in [-0.15, -0.1) is 0 Å². The number of hydrogen-bond acceptors (Lipinski definition) is 4. The lowest BCUT2D eigenvalue weighted by atomic mass is 10.2. The number of anilines is 1. The van der Waals surface area contributed by atoms with Crippen molar-refractivity contribution in [2.75, 3.05) is 11.9 Å². The van der Waals surface area contributed by atoms with Crippen LogP contribution in [0.4, 0.5) is 17.1 Å². The number of non-ortho nitro benzene ring substituents is 1. The maximum absolute atomic E-state index is 10.6. The molecule has 0 saturated heterocycles. The Hall–Kier alpha value is -1.43. The normalized spacial score (nSPS) is 13.2. The molecule has 1 N–H and O–H groups in total. The van der Waals surface area contributed by atoms with E-state index < -0.39 is 4.92 Å². The van der Waals surface area contributed by atoms with E-state index in [2.05, 4.69) is 26.2 Å². The lowest BCUT2D eigenvalue weighted by Gasteiger charge is -2.13. The summed E-state index contributed by atoms with van der Waals surface area (Å²) in [4.78, 5) is 14.2. The van der Waals surface area contributed by atoms with Crippen LogP contribution in [-0.2, 0) is 0 Å². The van der Waals surface area contributed by atoms with Crippen LogP contribution in [0.2, 0.25) is 0 Å². The van der Waals surface area contributed by atoms with Crippen molar-refractivity contribution < 1.29 is 4.92 Å². The average Bonchev–Trinajstić information content (AvgIpc) is 2.17. The van der Waals surface area contributed by atoms with E-state index in [-0.39, 0.29) is 5.69 Å². The smallest absolute Gasteiger partial charge is 0.272 e. The number of aliphatic imine (C=N–C) groups is 1. The van der Waals surface area contributed by atoms with Crippen molar-refractivity contribution in [3.8, 4) is 0 Å². The molecule has 1 aromatic rings. The monoisotopic (exact) mass is 255 g/mol. The second kappa shape index (κ2) is 3.38. The first kappa shape index (κ1) is 9.14. The molecule has 0 unspecified atom stereocenters. The quantitative estimate of drug-likeness (QED) is 0.619. The summed E-state index contributed by atoms with van der Waals surface area (Å²) in [6, 6.07) is 2.91. The number of hydrogen-bond donors (Lipinski definition) is 1. The van der Waals surface area contributed by atoms with Crippen LogP contribution >= 0.6 is 15.9 Å². The molecule has 1 aliphatic rings. The highest BCUT2D eigenvalue weighted by molar-refractivity contribution is 9.10. The second-order valence-corrected chi connectivity index (χ2v) is 3.63. The highest BCUT2D eigenvalue weighted by atomic mass is 79.9. The minimum Gasteiger partial charge on any atom is -0.377 e. The maximum atomic E-state index is 10.6. The van der Waals surface area contributed by atoms with Crippen LogP contribution in [0.25, 0.3) is 0 Å². The van der Waals surface area contributed by atoms with Crippen molar-refractivity contribution in [2.45, 2.75) is 0 Å². The van der Waals surface area contributed by atoms with Crippen LogP contribution in [-0.4, -0.2) is 17.7 Å². The Labute approximate surface area is 88.1 Å². The molecule has 5 nitrogen and oxygen atoms in total. The highest BCUT2D eigenvalue weighted by Gasteiger charge is 2.15. The highest BCUT2D eigenvalue weighted by Crippen LogP contribution is 2.37. The van der Waals surface area contributed by atoms with Gasteiger partial charge in [-0.2, -0.15) is 0 Å². The van der Waals surface area contributed by atoms with Crippen LogP contribution in [0, 0.1) is 10.1 Å². The Kier molecular flexibility index (Phi) is 2.20. The zero-order chi connectivity index (χ0) is 10.1. The predicted molar refractivity (Wildman–Crippen MR) is 57.4 cm³/mol. The first-order valence-electron chi connectivity index (χ1n) is 3.93. The number of fused-ring (bicyclic) bond motifs is 1. The molecular formula is C8H6BrN3O2. The minimum absolute atomic E-state index is 0.0384.